The first-order valence-corrected chi connectivity index (χ1v) is 10.1. The first-order chi connectivity index (χ1) is 13.1. The molecule has 0 radical (unpaired) electrons. The van der Waals surface area contributed by atoms with Crippen LogP contribution < -0.4 is 14.8 Å². The molecule has 148 valence electrons. The Morgan fingerprint density at radius 1 is 1.33 bits per heavy atom. The van der Waals surface area contributed by atoms with Crippen molar-refractivity contribution >= 4 is 17.3 Å². The molecule has 0 unspecified atom stereocenters. The van der Waals surface area contributed by atoms with Gasteiger partial charge in [-0.2, -0.15) is 0 Å². The zero-order chi connectivity index (χ0) is 19.6. The molecule has 0 amide bonds. The van der Waals surface area contributed by atoms with Crippen LogP contribution >= 0.6 is 11.3 Å². The summed E-state index contributed by atoms with van der Waals surface area (Å²) < 4.78 is 11.0. The molecule has 7 heteroatoms. The van der Waals surface area contributed by atoms with Gasteiger partial charge in [0.05, 0.1) is 31.0 Å². The molecule has 2 rings (SSSR count). The van der Waals surface area contributed by atoms with Crippen LogP contribution in [-0.2, 0) is 13.0 Å². The smallest absolute Gasteiger partial charge is 0.193 e. The number of rotatable bonds is 9. The topological polar surface area (TPSA) is 59.0 Å². The number of hydrogen-bond donors (Lipinski definition) is 1. The molecule has 0 aliphatic carbocycles. The standard InChI is InChI=1S/C20H30N4O2S/c1-6-26-19-12-16(9-10-18(19)25-5)8-7-11-22-20(21-3)24(4)13-17-14-27-15(2)23-17/h9-10,12,14H,6-8,11,13H2,1-5H3,(H,21,22). The summed E-state index contributed by atoms with van der Waals surface area (Å²) in [7, 11) is 5.50. The molecule has 0 saturated carbocycles. The zero-order valence-corrected chi connectivity index (χ0v) is 17.7. The second kappa shape index (κ2) is 10.8. The van der Waals surface area contributed by atoms with Crippen molar-refractivity contribution in [3.8, 4) is 11.5 Å². The number of nitrogens with zero attached hydrogens (tertiary/aromatic N) is 3. The number of guanidine groups is 1. The SMILES string of the molecule is CCOc1cc(CCCNC(=NC)N(C)Cc2csc(C)n2)ccc1OC. The van der Waals surface area contributed by atoms with Crippen molar-refractivity contribution < 1.29 is 9.47 Å². The molecule has 1 aromatic heterocycles. The molecule has 0 saturated heterocycles. The van der Waals surface area contributed by atoms with E-state index in [4.69, 9.17) is 9.47 Å². The molecule has 1 aromatic carbocycles. The van der Waals surface area contributed by atoms with Gasteiger partial charge in [0.25, 0.3) is 0 Å². The van der Waals surface area contributed by atoms with Crippen LogP contribution in [0.5, 0.6) is 11.5 Å². The van der Waals surface area contributed by atoms with Crippen molar-refractivity contribution in [3.05, 3.63) is 39.8 Å². The van der Waals surface area contributed by atoms with Crippen molar-refractivity contribution in [1.82, 2.24) is 15.2 Å². The van der Waals surface area contributed by atoms with Crippen molar-refractivity contribution in [2.24, 2.45) is 4.99 Å². The second-order valence-corrected chi connectivity index (χ2v) is 7.27. The molecule has 0 fully saturated rings. The maximum absolute atomic E-state index is 5.65. The van der Waals surface area contributed by atoms with Gasteiger partial charge in [-0.25, -0.2) is 4.98 Å². The third-order valence-electron chi connectivity index (χ3n) is 4.09. The van der Waals surface area contributed by atoms with E-state index in [1.165, 1.54) is 5.56 Å². The molecule has 0 spiro atoms. The lowest BCUT2D eigenvalue weighted by Crippen LogP contribution is -2.39. The summed E-state index contributed by atoms with van der Waals surface area (Å²) in [4.78, 5) is 11.0. The predicted octanol–water partition coefficient (Wildman–Crippen LogP) is 3.50. The van der Waals surface area contributed by atoms with E-state index in [2.05, 4.69) is 37.7 Å². The quantitative estimate of drug-likeness (QED) is 0.403. The Hall–Kier alpha value is -2.28. The number of aromatic nitrogens is 1. The van der Waals surface area contributed by atoms with E-state index in [0.29, 0.717) is 6.61 Å². The van der Waals surface area contributed by atoms with E-state index in [-0.39, 0.29) is 0 Å². The maximum Gasteiger partial charge on any atom is 0.193 e. The molecule has 1 N–H and O–H groups in total. The molecule has 0 atom stereocenters. The number of benzene rings is 1. The fourth-order valence-corrected chi connectivity index (χ4v) is 3.42. The molecule has 0 aliphatic rings. The van der Waals surface area contributed by atoms with E-state index in [0.717, 1.165) is 54.1 Å². The van der Waals surface area contributed by atoms with Crippen molar-refractivity contribution in [2.45, 2.75) is 33.2 Å². The number of aryl methyl sites for hydroxylation is 2. The summed E-state index contributed by atoms with van der Waals surface area (Å²) >= 11 is 1.67. The van der Waals surface area contributed by atoms with Crippen molar-refractivity contribution in [3.63, 3.8) is 0 Å². The minimum absolute atomic E-state index is 0.628. The lowest BCUT2D eigenvalue weighted by atomic mass is 10.1. The van der Waals surface area contributed by atoms with E-state index < -0.39 is 0 Å². The molecular weight excluding hydrogens is 360 g/mol. The Labute approximate surface area is 166 Å². The van der Waals surface area contributed by atoms with Crippen LogP contribution in [0.1, 0.15) is 29.6 Å². The first kappa shape index (κ1) is 21.0. The van der Waals surface area contributed by atoms with Crippen LogP contribution in [0, 0.1) is 6.92 Å². The lowest BCUT2D eigenvalue weighted by molar-refractivity contribution is 0.310. The predicted molar refractivity (Wildman–Crippen MR) is 112 cm³/mol. The minimum atomic E-state index is 0.628. The van der Waals surface area contributed by atoms with Crippen molar-refractivity contribution in [2.75, 3.05) is 34.4 Å². The fourth-order valence-electron chi connectivity index (χ4n) is 2.82. The van der Waals surface area contributed by atoms with Gasteiger partial charge >= 0.3 is 0 Å². The average molecular weight is 391 g/mol. The molecule has 0 aliphatic heterocycles. The zero-order valence-electron chi connectivity index (χ0n) is 16.9. The number of ether oxygens (including phenoxy) is 2. The Kier molecular flexibility index (Phi) is 8.39. The summed E-state index contributed by atoms with van der Waals surface area (Å²) in [6.07, 6.45) is 1.96. The largest absolute Gasteiger partial charge is 0.493 e. The number of nitrogens with one attached hydrogen (secondary N) is 1. The number of hydrogen-bond acceptors (Lipinski definition) is 5. The molecule has 0 bridgehead atoms. The summed E-state index contributed by atoms with van der Waals surface area (Å²) in [6.45, 7) is 6.23. The molecule has 6 nitrogen and oxygen atoms in total. The lowest BCUT2D eigenvalue weighted by Gasteiger charge is -2.21. The minimum Gasteiger partial charge on any atom is -0.493 e. The van der Waals surface area contributed by atoms with Crippen molar-refractivity contribution in [1.29, 1.82) is 0 Å². The number of thiazole rings is 1. The molecular formula is C20H30N4O2S. The summed E-state index contributed by atoms with van der Waals surface area (Å²) in [5.74, 6) is 2.46. The average Bonchev–Trinajstić information content (AvgIpc) is 3.07. The van der Waals surface area contributed by atoms with E-state index >= 15 is 0 Å². The third-order valence-corrected chi connectivity index (χ3v) is 4.91. The van der Waals surface area contributed by atoms with Crippen LogP contribution in [0.2, 0.25) is 0 Å². The highest BCUT2D eigenvalue weighted by molar-refractivity contribution is 7.09. The highest BCUT2D eigenvalue weighted by Crippen LogP contribution is 2.28. The monoisotopic (exact) mass is 390 g/mol. The van der Waals surface area contributed by atoms with Gasteiger partial charge in [-0.1, -0.05) is 6.07 Å². The molecule has 27 heavy (non-hydrogen) atoms. The van der Waals surface area contributed by atoms with Gasteiger partial charge in [0.15, 0.2) is 17.5 Å². The molecule has 2 aromatic rings. The van der Waals surface area contributed by atoms with Gasteiger partial charge in [-0.05, 0) is 44.4 Å². The van der Waals surface area contributed by atoms with Gasteiger partial charge in [-0.3, -0.25) is 4.99 Å². The summed E-state index contributed by atoms with van der Waals surface area (Å²) in [5.41, 5.74) is 2.31. The van der Waals surface area contributed by atoms with Crippen LogP contribution in [0.15, 0.2) is 28.6 Å². The van der Waals surface area contributed by atoms with Crippen LogP contribution in [-0.4, -0.2) is 50.2 Å². The number of aliphatic imine (C=N–C) groups is 1. The van der Waals surface area contributed by atoms with Crippen LogP contribution in [0.3, 0.4) is 0 Å². The highest BCUT2D eigenvalue weighted by atomic mass is 32.1. The fraction of sp³-hybridized carbons (Fsp3) is 0.500. The number of methoxy groups -OCH3 is 1. The Morgan fingerprint density at radius 2 is 2.15 bits per heavy atom. The Balaban J connectivity index is 1.81. The third kappa shape index (κ3) is 6.43. The van der Waals surface area contributed by atoms with E-state index in [1.807, 2.05) is 34.0 Å². The first-order valence-electron chi connectivity index (χ1n) is 9.19. The van der Waals surface area contributed by atoms with E-state index in [1.54, 1.807) is 18.4 Å². The van der Waals surface area contributed by atoms with Gasteiger partial charge in [0.2, 0.25) is 0 Å². The molecule has 1 heterocycles. The highest BCUT2D eigenvalue weighted by Gasteiger charge is 2.09. The van der Waals surface area contributed by atoms with Gasteiger partial charge in [0.1, 0.15) is 0 Å². The van der Waals surface area contributed by atoms with Gasteiger partial charge in [0, 0.05) is 26.0 Å². The maximum atomic E-state index is 5.65. The normalized spacial score (nSPS) is 11.4. The second-order valence-electron chi connectivity index (χ2n) is 6.21. The van der Waals surface area contributed by atoms with E-state index in [9.17, 15) is 0 Å². The Morgan fingerprint density at radius 3 is 2.78 bits per heavy atom. The summed E-state index contributed by atoms with van der Waals surface area (Å²) in [6, 6.07) is 6.12. The van der Waals surface area contributed by atoms with Crippen LogP contribution in [0.25, 0.3) is 0 Å². The Bertz CT molecular complexity index is 745. The van der Waals surface area contributed by atoms with Gasteiger partial charge < -0.3 is 19.7 Å². The summed E-state index contributed by atoms with van der Waals surface area (Å²) in [5, 5.41) is 6.61. The van der Waals surface area contributed by atoms with Gasteiger partial charge in [-0.15, -0.1) is 11.3 Å². The van der Waals surface area contributed by atoms with Crippen LogP contribution in [0.4, 0.5) is 0 Å².